The van der Waals surface area contributed by atoms with Crippen LogP contribution in [0.4, 0.5) is 15.8 Å². The monoisotopic (exact) mass is 266 g/mol. The highest BCUT2D eigenvalue weighted by molar-refractivity contribution is 5.68. The van der Waals surface area contributed by atoms with Crippen molar-refractivity contribution in [1.29, 1.82) is 0 Å². The van der Waals surface area contributed by atoms with Crippen LogP contribution in [0, 0.1) is 12.7 Å². The molecule has 102 valence electrons. The molecule has 0 fully saturated rings. The summed E-state index contributed by atoms with van der Waals surface area (Å²) in [4.78, 5) is 4.05. The molecule has 0 radical (unpaired) electrons. The Labute approximate surface area is 109 Å². The Hall–Kier alpha value is -2.31. The predicted octanol–water partition coefficient (Wildman–Crippen LogP) is 2.11. The number of benzene rings is 1. The lowest BCUT2D eigenvalue weighted by molar-refractivity contribution is 0.322. The van der Waals surface area contributed by atoms with E-state index in [1.54, 1.807) is 13.8 Å². The highest BCUT2D eigenvalue weighted by atomic mass is 19.1. The number of nitrogen functional groups attached to an aromatic ring is 1. The lowest BCUT2D eigenvalue weighted by Gasteiger charge is -2.11. The van der Waals surface area contributed by atoms with Gasteiger partial charge in [0.2, 0.25) is 5.89 Å². The number of hydrogen-bond acceptors (Lipinski definition) is 6. The molecule has 1 aromatic heterocycles. The van der Waals surface area contributed by atoms with Gasteiger partial charge in [0.15, 0.2) is 17.4 Å². The second kappa shape index (κ2) is 5.55. The molecule has 0 aliphatic carbocycles. The van der Waals surface area contributed by atoms with Crippen LogP contribution in [-0.4, -0.2) is 16.7 Å². The van der Waals surface area contributed by atoms with E-state index in [4.69, 9.17) is 15.0 Å². The minimum atomic E-state index is -0.487. The number of halogens is 1. The van der Waals surface area contributed by atoms with Gasteiger partial charge >= 0.3 is 0 Å². The second-order valence-corrected chi connectivity index (χ2v) is 3.89. The third-order valence-corrected chi connectivity index (χ3v) is 2.40. The zero-order valence-electron chi connectivity index (χ0n) is 10.7. The van der Waals surface area contributed by atoms with Gasteiger partial charge in [0.25, 0.3) is 0 Å². The summed E-state index contributed by atoms with van der Waals surface area (Å²) >= 11 is 0. The topological polar surface area (TPSA) is 86.2 Å². The molecule has 7 heteroatoms. The standard InChI is InChI=1S/C12H15FN4O2/c1-3-18-11-5-10(9(14)4-8(11)13)15-6-12-16-7(2)17-19-12/h4-5,15H,3,6,14H2,1-2H3. The minimum Gasteiger partial charge on any atom is -0.491 e. The van der Waals surface area contributed by atoms with E-state index in [2.05, 4.69) is 15.5 Å². The summed E-state index contributed by atoms with van der Waals surface area (Å²) in [7, 11) is 0. The van der Waals surface area contributed by atoms with E-state index in [0.29, 0.717) is 30.6 Å². The second-order valence-electron chi connectivity index (χ2n) is 3.89. The van der Waals surface area contributed by atoms with Crippen molar-refractivity contribution in [2.75, 3.05) is 17.7 Å². The summed E-state index contributed by atoms with van der Waals surface area (Å²) in [5, 5.41) is 6.67. The smallest absolute Gasteiger partial charge is 0.245 e. The first-order chi connectivity index (χ1) is 9.10. The first kappa shape index (κ1) is 13.1. The van der Waals surface area contributed by atoms with Crippen molar-refractivity contribution >= 4 is 11.4 Å². The number of anilines is 2. The third-order valence-electron chi connectivity index (χ3n) is 2.40. The number of hydrogen-bond donors (Lipinski definition) is 2. The largest absolute Gasteiger partial charge is 0.491 e. The van der Waals surface area contributed by atoms with Gasteiger partial charge in [0, 0.05) is 12.1 Å². The molecule has 0 saturated carbocycles. The molecular formula is C12H15FN4O2. The Morgan fingerprint density at radius 1 is 1.47 bits per heavy atom. The normalized spacial score (nSPS) is 10.5. The molecule has 0 bridgehead atoms. The molecule has 2 rings (SSSR count). The van der Waals surface area contributed by atoms with Gasteiger partial charge in [0.05, 0.1) is 24.5 Å². The molecule has 0 amide bonds. The number of aryl methyl sites for hydroxylation is 1. The van der Waals surface area contributed by atoms with Crippen molar-refractivity contribution < 1.29 is 13.7 Å². The van der Waals surface area contributed by atoms with Crippen molar-refractivity contribution in [3.8, 4) is 5.75 Å². The molecule has 0 saturated heterocycles. The van der Waals surface area contributed by atoms with Gasteiger partial charge in [-0.2, -0.15) is 4.98 Å². The van der Waals surface area contributed by atoms with Crippen LogP contribution in [0.15, 0.2) is 16.7 Å². The van der Waals surface area contributed by atoms with E-state index < -0.39 is 5.82 Å². The SMILES string of the molecule is CCOc1cc(NCc2nc(C)no2)c(N)cc1F. The van der Waals surface area contributed by atoms with E-state index in [9.17, 15) is 4.39 Å². The Kier molecular flexibility index (Phi) is 3.84. The van der Waals surface area contributed by atoms with Gasteiger partial charge in [-0.15, -0.1) is 0 Å². The van der Waals surface area contributed by atoms with Crippen LogP contribution in [0.25, 0.3) is 0 Å². The van der Waals surface area contributed by atoms with Crippen molar-refractivity contribution in [3.05, 3.63) is 29.7 Å². The fourth-order valence-electron chi connectivity index (χ4n) is 1.57. The number of nitrogens with one attached hydrogen (secondary N) is 1. The molecule has 19 heavy (non-hydrogen) atoms. The van der Waals surface area contributed by atoms with Crippen LogP contribution in [-0.2, 0) is 6.54 Å². The maximum absolute atomic E-state index is 13.5. The Bertz CT molecular complexity index is 571. The summed E-state index contributed by atoms with van der Waals surface area (Å²) in [6.07, 6.45) is 0. The average molecular weight is 266 g/mol. The lowest BCUT2D eigenvalue weighted by atomic mass is 10.2. The van der Waals surface area contributed by atoms with Crippen molar-refractivity contribution in [2.24, 2.45) is 0 Å². The molecule has 2 aromatic rings. The van der Waals surface area contributed by atoms with E-state index >= 15 is 0 Å². The van der Waals surface area contributed by atoms with E-state index in [1.807, 2.05) is 0 Å². The first-order valence-electron chi connectivity index (χ1n) is 5.85. The fourth-order valence-corrected chi connectivity index (χ4v) is 1.57. The van der Waals surface area contributed by atoms with E-state index in [0.717, 1.165) is 0 Å². The maximum atomic E-state index is 13.5. The number of rotatable bonds is 5. The summed E-state index contributed by atoms with van der Waals surface area (Å²) in [6.45, 7) is 4.20. The van der Waals surface area contributed by atoms with Gasteiger partial charge < -0.3 is 20.3 Å². The first-order valence-corrected chi connectivity index (χ1v) is 5.85. The van der Waals surface area contributed by atoms with Crippen LogP contribution in [0.5, 0.6) is 5.75 Å². The van der Waals surface area contributed by atoms with Gasteiger partial charge in [-0.05, 0) is 13.8 Å². The van der Waals surface area contributed by atoms with Gasteiger partial charge in [0.1, 0.15) is 0 Å². The summed E-state index contributed by atoms with van der Waals surface area (Å²) in [5.74, 6) is 0.650. The zero-order valence-corrected chi connectivity index (χ0v) is 10.7. The molecule has 6 nitrogen and oxygen atoms in total. The van der Waals surface area contributed by atoms with Gasteiger partial charge in [-0.1, -0.05) is 5.16 Å². The molecular weight excluding hydrogens is 251 g/mol. The van der Waals surface area contributed by atoms with E-state index in [-0.39, 0.29) is 11.4 Å². The third kappa shape index (κ3) is 3.12. The zero-order chi connectivity index (χ0) is 13.8. The molecule has 0 atom stereocenters. The van der Waals surface area contributed by atoms with Gasteiger partial charge in [-0.3, -0.25) is 0 Å². The summed E-state index contributed by atoms with van der Waals surface area (Å²) < 4.78 is 23.6. The number of ether oxygens (including phenoxy) is 1. The van der Waals surface area contributed by atoms with E-state index in [1.165, 1.54) is 12.1 Å². The maximum Gasteiger partial charge on any atom is 0.245 e. The highest BCUT2D eigenvalue weighted by Crippen LogP contribution is 2.28. The van der Waals surface area contributed by atoms with Crippen molar-refractivity contribution in [1.82, 2.24) is 10.1 Å². The average Bonchev–Trinajstić information content (AvgIpc) is 2.77. The van der Waals surface area contributed by atoms with Crippen LogP contribution < -0.4 is 15.8 Å². The molecule has 0 spiro atoms. The van der Waals surface area contributed by atoms with Crippen LogP contribution in [0.2, 0.25) is 0 Å². The van der Waals surface area contributed by atoms with Gasteiger partial charge in [-0.25, -0.2) is 4.39 Å². The van der Waals surface area contributed by atoms with Crippen molar-refractivity contribution in [3.63, 3.8) is 0 Å². The molecule has 3 N–H and O–H groups in total. The fraction of sp³-hybridized carbons (Fsp3) is 0.333. The number of nitrogens with zero attached hydrogens (tertiary/aromatic N) is 2. The predicted molar refractivity (Wildman–Crippen MR) is 68.3 cm³/mol. The molecule has 0 aliphatic rings. The molecule has 0 aliphatic heterocycles. The Morgan fingerprint density at radius 3 is 2.89 bits per heavy atom. The molecule has 1 heterocycles. The highest BCUT2D eigenvalue weighted by Gasteiger charge is 2.10. The van der Waals surface area contributed by atoms with Crippen LogP contribution in [0.1, 0.15) is 18.6 Å². The quantitative estimate of drug-likeness (QED) is 0.806. The minimum absolute atomic E-state index is 0.154. The summed E-state index contributed by atoms with van der Waals surface area (Å²) in [6, 6.07) is 2.73. The Balaban J connectivity index is 2.13. The Morgan fingerprint density at radius 2 is 2.26 bits per heavy atom. The van der Waals surface area contributed by atoms with Crippen LogP contribution >= 0.6 is 0 Å². The molecule has 1 aromatic carbocycles. The van der Waals surface area contributed by atoms with Crippen LogP contribution in [0.3, 0.4) is 0 Å². The number of aromatic nitrogens is 2. The lowest BCUT2D eigenvalue weighted by Crippen LogP contribution is -2.05. The molecule has 0 unspecified atom stereocenters. The summed E-state index contributed by atoms with van der Waals surface area (Å²) in [5.41, 5.74) is 6.58. The number of nitrogens with two attached hydrogens (primary N) is 1. The van der Waals surface area contributed by atoms with Crippen molar-refractivity contribution in [2.45, 2.75) is 20.4 Å².